The van der Waals surface area contributed by atoms with Crippen LogP contribution in [0.5, 0.6) is 11.5 Å². The normalized spacial score (nSPS) is 14.9. The second-order valence-electron chi connectivity index (χ2n) is 3.34. The SMILES string of the molecule is Cc1c(O)ccc(C(O)C(O)CO)c1O. The Kier molecular flexibility index (Phi) is 3.52. The fourth-order valence-electron chi connectivity index (χ4n) is 1.26. The first-order valence-electron chi connectivity index (χ1n) is 4.47. The van der Waals surface area contributed by atoms with Crippen LogP contribution < -0.4 is 0 Å². The Morgan fingerprint density at radius 3 is 2.33 bits per heavy atom. The maximum atomic E-state index is 9.58. The number of phenols is 2. The molecule has 5 nitrogen and oxygen atoms in total. The molecule has 1 rings (SSSR count). The van der Waals surface area contributed by atoms with E-state index in [1.165, 1.54) is 19.1 Å². The molecule has 0 aliphatic rings. The minimum absolute atomic E-state index is 0.0758. The zero-order valence-corrected chi connectivity index (χ0v) is 8.25. The van der Waals surface area contributed by atoms with Crippen molar-refractivity contribution in [3.05, 3.63) is 23.3 Å². The number of aromatic hydroxyl groups is 2. The van der Waals surface area contributed by atoms with Gasteiger partial charge in [-0.3, -0.25) is 0 Å². The fourth-order valence-corrected chi connectivity index (χ4v) is 1.26. The Balaban J connectivity index is 3.10. The summed E-state index contributed by atoms with van der Waals surface area (Å²) in [4.78, 5) is 0. The summed E-state index contributed by atoms with van der Waals surface area (Å²) in [5.74, 6) is -0.378. The van der Waals surface area contributed by atoms with Gasteiger partial charge in [0.1, 0.15) is 23.7 Å². The molecule has 1 aromatic rings. The summed E-state index contributed by atoms with van der Waals surface area (Å²) in [5.41, 5.74) is 0.295. The van der Waals surface area contributed by atoms with Gasteiger partial charge in [0.25, 0.3) is 0 Å². The van der Waals surface area contributed by atoms with Gasteiger partial charge in [-0.1, -0.05) is 0 Å². The van der Waals surface area contributed by atoms with Crippen molar-refractivity contribution in [3.8, 4) is 11.5 Å². The van der Waals surface area contributed by atoms with Gasteiger partial charge in [0.15, 0.2) is 0 Å². The summed E-state index contributed by atoms with van der Waals surface area (Å²) in [6, 6.07) is 2.60. The lowest BCUT2D eigenvalue weighted by Crippen LogP contribution is -2.22. The fraction of sp³-hybridized carbons (Fsp3) is 0.400. The molecule has 0 saturated heterocycles. The lowest BCUT2D eigenvalue weighted by Gasteiger charge is -2.18. The zero-order valence-electron chi connectivity index (χ0n) is 8.25. The van der Waals surface area contributed by atoms with E-state index in [4.69, 9.17) is 5.11 Å². The van der Waals surface area contributed by atoms with Gasteiger partial charge in [-0.05, 0) is 19.1 Å². The van der Waals surface area contributed by atoms with Crippen LogP contribution in [0.15, 0.2) is 12.1 Å². The first kappa shape index (κ1) is 11.8. The monoisotopic (exact) mass is 214 g/mol. The van der Waals surface area contributed by atoms with E-state index in [-0.39, 0.29) is 22.6 Å². The predicted molar refractivity (Wildman–Crippen MR) is 52.6 cm³/mol. The largest absolute Gasteiger partial charge is 0.508 e. The molecule has 0 amide bonds. The van der Waals surface area contributed by atoms with Gasteiger partial charge in [0, 0.05) is 11.1 Å². The third-order valence-electron chi connectivity index (χ3n) is 2.30. The van der Waals surface area contributed by atoms with Crippen molar-refractivity contribution in [1.29, 1.82) is 0 Å². The molecule has 0 aliphatic heterocycles. The van der Waals surface area contributed by atoms with E-state index >= 15 is 0 Å². The van der Waals surface area contributed by atoms with E-state index in [0.717, 1.165) is 0 Å². The summed E-state index contributed by atoms with van der Waals surface area (Å²) in [7, 11) is 0. The number of hydrogen-bond acceptors (Lipinski definition) is 5. The van der Waals surface area contributed by atoms with Crippen molar-refractivity contribution >= 4 is 0 Å². The van der Waals surface area contributed by atoms with E-state index in [9.17, 15) is 20.4 Å². The molecule has 5 heteroatoms. The summed E-state index contributed by atoms with van der Waals surface area (Å²) in [6.45, 7) is 0.868. The molecule has 0 radical (unpaired) electrons. The van der Waals surface area contributed by atoms with Crippen LogP contribution in [-0.4, -0.2) is 38.2 Å². The number of aliphatic hydroxyl groups excluding tert-OH is 3. The van der Waals surface area contributed by atoms with Crippen LogP contribution in [0.2, 0.25) is 0 Å². The molecule has 15 heavy (non-hydrogen) atoms. The number of aliphatic hydroxyl groups is 3. The molecule has 0 spiro atoms. The number of benzene rings is 1. The highest BCUT2D eigenvalue weighted by atomic mass is 16.4. The molecule has 0 aliphatic carbocycles. The van der Waals surface area contributed by atoms with Crippen molar-refractivity contribution < 1.29 is 25.5 Å². The maximum Gasteiger partial charge on any atom is 0.128 e. The zero-order chi connectivity index (χ0) is 11.6. The van der Waals surface area contributed by atoms with Gasteiger partial charge in [0.2, 0.25) is 0 Å². The summed E-state index contributed by atoms with van der Waals surface area (Å²) < 4.78 is 0. The molecule has 2 atom stereocenters. The molecular formula is C10H14O5. The highest BCUT2D eigenvalue weighted by molar-refractivity contribution is 5.48. The lowest BCUT2D eigenvalue weighted by atomic mass is 10.0. The van der Waals surface area contributed by atoms with Crippen molar-refractivity contribution in [2.75, 3.05) is 6.61 Å². The topological polar surface area (TPSA) is 101 Å². The van der Waals surface area contributed by atoms with Crippen molar-refractivity contribution in [1.82, 2.24) is 0 Å². The lowest BCUT2D eigenvalue weighted by molar-refractivity contribution is -0.0162. The smallest absolute Gasteiger partial charge is 0.128 e. The summed E-state index contributed by atoms with van der Waals surface area (Å²) in [5, 5.41) is 46.2. The minimum atomic E-state index is -1.38. The van der Waals surface area contributed by atoms with Crippen LogP contribution in [0.1, 0.15) is 17.2 Å². The molecule has 2 unspecified atom stereocenters. The van der Waals surface area contributed by atoms with Crippen molar-refractivity contribution in [2.24, 2.45) is 0 Å². The highest BCUT2D eigenvalue weighted by Crippen LogP contribution is 2.34. The van der Waals surface area contributed by atoms with E-state index in [1.54, 1.807) is 0 Å². The number of hydrogen-bond donors (Lipinski definition) is 5. The van der Waals surface area contributed by atoms with Gasteiger partial charge >= 0.3 is 0 Å². The average molecular weight is 214 g/mol. The van der Waals surface area contributed by atoms with Gasteiger partial charge < -0.3 is 25.5 Å². The van der Waals surface area contributed by atoms with Gasteiger partial charge in [-0.25, -0.2) is 0 Å². The molecule has 0 aromatic heterocycles. The van der Waals surface area contributed by atoms with E-state index in [1.807, 2.05) is 0 Å². The standard InChI is InChI=1S/C10H14O5/c1-5-7(12)3-2-6(9(5)14)10(15)8(13)4-11/h2-3,8,10-15H,4H2,1H3. The second kappa shape index (κ2) is 4.48. The van der Waals surface area contributed by atoms with Gasteiger partial charge in [0.05, 0.1) is 6.61 Å². The second-order valence-corrected chi connectivity index (χ2v) is 3.34. The van der Waals surface area contributed by atoms with Crippen LogP contribution in [0.25, 0.3) is 0 Å². The van der Waals surface area contributed by atoms with E-state index in [2.05, 4.69) is 0 Å². The van der Waals surface area contributed by atoms with E-state index < -0.39 is 18.8 Å². The minimum Gasteiger partial charge on any atom is -0.508 e. The highest BCUT2D eigenvalue weighted by Gasteiger charge is 2.22. The number of phenolic OH excluding ortho intramolecular Hbond substituents is 2. The molecule has 84 valence electrons. The Labute approximate surface area is 86.9 Å². The maximum absolute atomic E-state index is 9.58. The molecule has 1 aromatic carbocycles. The van der Waals surface area contributed by atoms with Crippen LogP contribution in [0.4, 0.5) is 0 Å². The third kappa shape index (κ3) is 2.20. The van der Waals surface area contributed by atoms with Crippen molar-refractivity contribution in [3.63, 3.8) is 0 Å². The van der Waals surface area contributed by atoms with Gasteiger partial charge in [-0.15, -0.1) is 0 Å². The Hall–Kier alpha value is -1.30. The third-order valence-corrected chi connectivity index (χ3v) is 2.30. The first-order valence-corrected chi connectivity index (χ1v) is 4.47. The first-order chi connectivity index (χ1) is 6.99. The van der Waals surface area contributed by atoms with Crippen LogP contribution >= 0.6 is 0 Å². The Morgan fingerprint density at radius 2 is 1.80 bits per heavy atom. The Morgan fingerprint density at radius 1 is 1.20 bits per heavy atom. The molecule has 5 N–H and O–H groups in total. The van der Waals surface area contributed by atoms with Gasteiger partial charge in [-0.2, -0.15) is 0 Å². The summed E-state index contributed by atoms with van der Waals surface area (Å²) in [6.07, 6.45) is -2.74. The van der Waals surface area contributed by atoms with Crippen LogP contribution in [0, 0.1) is 6.92 Å². The molecule has 0 saturated carbocycles. The molecule has 0 fully saturated rings. The van der Waals surface area contributed by atoms with E-state index in [0.29, 0.717) is 0 Å². The summed E-state index contributed by atoms with van der Waals surface area (Å²) >= 11 is 0. The van der Waals surface area contributed by atoms with Crippen molar-refractivity contribution in [2.45, 2.75) is 19.1 Å². The quantitative estimate of drug-likeness (QED) is 0.479. The molecule has 0 heterocycles. The predicted octanol–water partition coefficient (Wildman–Crippen LogP) is -0.207. The average Bonchev–Trinajstić information content (AvgIpc) is 2.24. The number of rotatable bonds is 3. The molecule has 0 bridgehead atoms. The van der Waals surface area contributed by atoms with Crippen LogP contribution in [-0.2, 0) is 0 Å². The Bertz CT molecular complexity index is 350. The van der Waals surface area contributed by atoms with Crippen LogP contribution in [0.3, 0.4) is 0 Å². The molecular weight excluding hydrogens is 200 g/mol.